The second-order valence-corrected chi connectivity index (χ2v) is 6.33. The summed E-state index contributed by atoms with van der Waals surface area (Å²) in [5, 5.41) is 0. The molecule has 0 N–H and O–H groups in total. The maximum Gasteiger partial charge on any atom is 0.264 e. The molecule has 1 unspecified atom stereocenters. The molecule has 0 fully saturated rings. The first kappa shape index (κ1) is 17.8. The van der Waals surface area contributed by atoms with E-state index in [4.69, 9.17) is 9.15 Å². The Kier molecular flexibility index (Phi) is 5.74. The van der Waals surface area contributed by atoms with E-state index in [0.29, 0.717) is 18.8 Å². The number of hydrogen-bond acceptors (Lipinski definition) is 3. The minimum Gasteiger partial charge on any atom is -0.481 e. The third-order valence-electron chi connectivity index (χ3n) is 4.14. The number of carbonyl (C=O) groups excluding carboxylic acids is 1. The van der Waals surface area contributed by atoms with Gasteiger partial charge in [-0.2, -0.15) is 0 Å². The Bertz CT molecular complexity index is 810. The van der Waals surface area contributed by atoms with E-state index < -0.39 is 6.10 Å². The molecule has 1 atom stereocenters. The van der Waals surface area contributed by atoms with Gasteiger partial charge in [0.2, 0.25) is 0 Å². The van der Waals surface area contributed by atoms with Crippen LogP contribution in [0.3, 0.4) is 0 Å². The van der Waals surface area contributed by atoms with Gasteiger partial charge in [0.15, 0.2) is 6.10 Å². The van der Waals surface area contributed by atoms with Crippen LogP contribution in [-0.4, -0.2) is 16.9 Å². The van der Waals surface area contributed by atoms with E-state index in [9.17, 15) is 4.79 Å². The van der Waals surface area contributed by atoms with Gasteiger partial charge in [0.05, 0.1) is 12.8 Å². The molecule has 2 aromatic carbocycles. The van der Waals surface area contributed by atoms with Gasteiger partial charge in [0.1, 0.15) is 11.5 Å². The second kappa shape index (κ2) is 8.39. The average molecular weight is 349 g/mol. The van der Waals surface area contributed by atoms with Gasteiger partial charge in [-0.15, -0.1) is 0 Å². The number of carbonyl (C=O) groups is 1. The first-order chi connectivity index (χ1) is 12.6. The van der Waals surface area contributed by atoms with Gasteiger partial charge in [0.25, 0.3) is 5.91 Å². The van der Waals surface area contributed by atoms with Crippen LogP contribution in [0.15, 0.2) is 77.4 Å². The number of ether oxygens (including phenoxy) is 1. The molecule has 0 aliphatic rings. The Morgan fingerprint density at radius 3 is 2.38 bits per heavy atom. The summed E-state index contributed by atoms with van der Waals surface area (Å²) in [6, 6.07) is 21.3. The van der Waals surface area contributed by atoms with Gasteiger partial charge in [-0.3, -0.25) is 4.79 Å². The predicted octanol–water partition coefficient (Wildman–Crippen LogP) is 4.58. The molecular weight excluding hydrogens is 326 g/mol. The lowest BCUT2D eigenvalue weighted by Gasteiger charge is -2.25. The minimum absolute atomic E-state index is 0.0779. The summed E-state index contributed by atoms with van der Waals surface area (Å²) in [5.74, 6) is 1.36. The van der Waals surface area contributed by atoms with Crippen LogP contribution in [0, 0.1) is 6.92 Å². The summed E-state index contributed by atoms with van der Waals surface area (Å²) in [4.78, 5) is 14.8. The van der Waals surface area contributed by atoms with E-state index in [-0.39, 0.29) is 5.91 Å². The average Bonchev–Trinajstić information content (AvgIpc) is 3.16. The molecule has 1 heterocycles. The first-order valence-electron chi connectivity index (χ1n) is 8.70. The lowest BCUT2D eigenvalue weighted by Crippen LogP contribution is -2.39. The zero-order chi connectivity index (χ0) is 18.4. The molecule has 0 aliphatic heterocycles. The van der Waals surface area contributed by atoms with Crippen molar-refractivity contribution in [2.24, 2.45) is 0 Å². The second-order valence-electron chi connectivity index (χ2n) is 6.33. The van der Waals surface area contributed by atoms with Crippen molar-refractivity contribution in [3.05, 3.63) is 89.9 Å². The van der Waals surface area contributed by atoms with Gasteiger partial charge in [-0.1, -0.05) is 48.0 Å². The zero-order valence-electron chi connectivity index (χ0n) is 15.1. The van der Waals surface area contributed by atoms with Gasteiger partial charge >= 0.3 is 0 Å². The SMILES string of the molecule is Cc1ccc(OC(C)C(=O)N(Cc2ccccc2)Cc2ccco2)cc1. The highest BCUT2D eigenvalue weighted by Gasteiger charge is 2.23. The summed E-state index contributed by atoms with van der Waals surface area (Å²) >= 11 is 0. The van der Waals surface area contributed by atoms with Crippen LogP contribution in [0.25, 0.3) is 0 Å². The molecule has 26 heavy (non-hydrogen) atoms. The molecule has 0 bridgehead atoms. The van der Waals surface area contributed by atoms with Crippen LogP contribution in [0.2, 0.25) is 0 Å². The van der Waals surface area contributed by atoms with Gasteiger partial charge < -0.3 is 14.1 Å². The standard InChI is InChI=1S/C22H23NO3/c1-17-10-12-20(13-11-17)26-18(2)22(24)23(16-21-9-6-14-25-21)15-19-7-4-3-5-8-19/h3-14,18H,15-16H2,1-2H3. The highest BCUT2D eigenvalue weighted by molar-refractivity contribution is 5.80. The van der Waals surface area contributed by atoms with Crippen LogP contribution in [0.1, 0.15) is 23.8 Å². The van der Waals surface area contributed by atoms with E-state index in [1.165, 1.54) is 0 Å². The molecule has 3 rings (SSSR count). The van der Waals surface area contributed by atoms with Crippen molar-refractivity contribution >= 4 is 5.91 Å². The smallest absolute Gasteiger partial charge is 0.264 e. The topological polar surface area (TPSA) is 42.7 Å². The number of benzene rings is 2. The molecule has 1 aromatic heterocycles. The molecule has 0 spiro atoms. The number of nitrogens with zero attached hydrogens (tertiary/aromatic N) is 1. The number of amides is 1. The fraction of sp³-hybridized carbons (Fsp3) is 0.227. The number of rotatable bonds is 7. The Morgan fingerprint density at radius 2 is 1.73 bits per heavy atom. The summed E-state index contributed by atoms with van der Waals surface area (Å²) in [6.45, 7) is 4.70. The Hall–Kier alpha value is -3.01. The van der Waals surface area contributed by atoms with E-state index in [0.717, 1.165) is 16.9 Å². The van der Waals surface area contributed by atoms with Crippen LogP contribution in [-0.2, 0) is 17.9 Å². The highest BCUT2D eigenvalue weighted by Crippen LogP contribution is 2.17. The summed E-state index contributed by atoms with van der Waals surface area (Å²) in [5.41, 5.74) is 2.22. The quantitative estimate of drug-likeness (QED) is 0.627. The molecular formula is C22H23NO3. The zero-order valence-corrected chi connectivity index (χ0v) is 15.1. The van der Waals surface area contributed by atoms with Crippen LogP contribution in [0.4, 0.5) is 0 Å². The summed E-state index contributed by atoms with van der Waals surface area (Å²) in [6.07, 6.45) is 1.03. The molecule has 4 nitrogen and oxygen atoms in total. The Morgan fingerprint density at radius 1 is 1.00 bits per heavy atom. The number of hydrogen-bond donors (Lipinski definition) is 0. The van der Waals surface area contributed by atoms with E-state index in [2.05, 4.69) is 0 Å². The summed E-state index contributed by atoms with van der Waals surface area (Å²) < 4.78 is 11.3. The maximum absolute atomic E-state index is 13.0. The van der Waals surface area contributed by atoms with Crippen molar-refractivity contribution in [2.75, 3.05) is 0 Å². The Labute approximate surface area is 154 Å². The highest BCUT2D eigenvalue weighted by atomic mass is 16.5. The van der Waals surface area contributed by atoms with Gasteiger partial charge in [0, 0.05) is 6.54 Å². The van der Waals surface area contributed by atoms with Crippen molar-refractivity contribution in [3.8, 4) is 5.75 Å². The first-order valence-corrected chi connectivity index (χ1v) is 8.70. The van der Waals surface area contributed by atoms with Crippen LogP contribution in [0.5, 0.6) is 5.75 Å². The van der Waals surface area contributed by atoms with E-state index in [1.54, 1.807) is 18.1 Å². The van der Waals surface area contributed by atoms with E-state index in [1.807, 2.05) is 73.7 Å². The van der Waals surface area contributed by atoms with Crippen molar-refractivity contribution in [3.63, 3.8) is 0 Å². The fourth-order valence-corrected chi connectivity index (χ4v) is 2.73. The third kappa shape index (κ3) is 4.76. The largest absolute Gasteiger partial charge is 0.481 e. The molecule has 0 aliphatic carbocycles. The summed E-state index contributed by atoms with van der Waals surface area (Å²) in [7, 11) is 0. The molecule has 0 saturated heterocycles. The molecule has 0 saturated carbocycles. The predicted molar refractivity (Wildman–Crippen MR) is 101 cm³/mol. The monoisotopic (exact) mass is 349 g/mol. The molecule has 134 valence electrons. The van der Waals surface area contributed by atoms with Crippen molar-refractivity contribution in [1.82, 2.24) is 4.90 Å². The van der Waals surface area contributed by atoms with Crippen molar-refractivity contribution in [1.29, 1.82) is 0 Å². The lowest BCUT2D eigenvalue weighted by atomic mass is 10.2. The van der Waals surface area contributed by atoms with Crippen molar-refractivity contribution in [2.45, 2.75) is 33.0 Å². The minimum atomic E-state index is -0.587. The Balaban J connectivity index is 1.73. The van der Waals surface area contributed by atoms with Gasteiger partial charge in [-0.05, 0) is 43.7 Å². The van der Waals surface area contributed by atoms with Gasteiger partial charge in [-0.25, -0.2) is 0 Å². The molecule has 0 radical (unpaired) electrons. The van der Waals surface area contributed by atoms with Crippen molar-refractivity contribution < 1.29 is 13.9 Å². The molecule has 1 amide bonds. The maximum atomic E-state index is 13.0. The number of aryl methyl sites for hydroxylation is 1. The normalized spacial score (nSPS) is 11.8. The lowest BCUT2D eigenvalue weighted by molar-refractivity contribution is -0.139. The third-order valence-corrected chi connectivity index (χ3v) is 4.14. The molecule has 4 heteroatoms. The van der Waals surface area contributed by atoms with Crippen LogP contribution >= 0.6 is 0 Å². The van der Waals surface area contributed by atoms with Crippen LogP contribution < -0.4 is 4.74 Å². The number of furan rings is 1. The molecule has 3 aromatic rings. The fourth-order valence-electron chi connectivity index (χ4n) is 2.73. The van der Waals surface area contributed by atoms with E-state index >= 15 is 0 Å².